The maximum atomic E-state index is 9.83. The number of rotatable bonds is 1. The van der Waals surface area contributed by atoms with Gasteiger partial charge in [-0.25, -0.2) is 0 Å². The first-order valence-corrected chi connectivity index (χ1v) is 2.73. The zero-order chi connectivity index (χ0) is 5.70. The van der Waals surface area contributed by atoms with Crippen molar-refractivity contribution in [1.82, 2.24) is 0 Å². The summed E-state index contributed by atoms with van der Waals surface area (Å²) in [6, 6.07) is 0. The fourth-order valence-electron chi connectivity index (χ4n) is 0.0880. The molecular weight excluding hydrogens is 132 g/mol. The predicted octanol–water partition coefficient (Wildman–Crippen LogP) is 2.38. The molecule has 0 aliphatic carbocycles. The van der Waals surface area contributed by atoms with Crippen molar-refractivity contribution in [3.8, 4) is 0 Å². The average molecular weight is 135 g/mol. The number of hydrogen-bond acceptors (Lipinski definition) is 2. The molecule has 0 unspecified atom stereocenters. The first-order chi connectivity index (χ1) is 3.27. The van der Waals surface area contributed by atoms with Crippen molar-refractivity contribution in [2.45, 2.75) is 0 Å². The maximum absolute atomic E-state index is 9.83. The number of hydrogen-bond donors (Lipinski definition) is 0. The van der Waals surface area contributed by atoms with Crippen molar-refractivity contribution in [1.29, 1.82) is 0 Å². The van der Waals surface area contributed by atoms with Crippen LogP contribution in [0.15, 0.2) is 17.7 Å². The van der Waals surface area contributed by atoms with Crippen LogP contribution in [0.2, 0.25) is 0 Å². The molecule has 0 heterocycles. The van der Waals surface area contributed by atoms with E-state index in [2.05, 4.69) is 12.3 Å². The minimum Gasteiger partial charge on any atom is -0.268 e. The van der Waals surface area contributed by atoms with Crippen LogP contribution in [0.5, 0.6) is 0 Å². The molecule has 1 nitrogen and oxygen atoms in total. The van der Waals surface area contributed by atoms with Crippen molar-refractivity contribution in [2.24, 2.45) is 0 Å². The lowest BCUT2D eigenvalue weighted by Crippen LogP contribution is -1.60. The molecule has 0 bridgehead atoms. The Balaban J connectivity index is 3.32. The van der Waals surface area contributed by atoms with E-state index in [0.717, 1.165) is 11.8 Å². The highest BCUT2D eigenvalue weighted by Crippen LogP contribution is 2.06. The van der Waals surface area contributed by atoms with E-state index in [0.29, 0.717) is 0 Å². The van der Waals surface area contributed by atoms with Gasteiger partial charge in [0.2, 0.25) is 0 Å². The first kappa shape index (κ1) is 6.83. The van der Waals surface area contributed by atoms with Gasteiger partial charge in [-0.05, 0) is 23.4 Å². The first-order valence-electron chi connectivity index (χ1n) is 1.48. The minimum atomic E-state index is -0.462. The molecule has 7 heavy (non-hydrogen) atoms. The fraction of sp³-hybridized carbons (Fsp3) is 0. The van der Waals surface area contributed by atoms with E-state index < -0.39 is 4.57 Å². The van der Waals surface area contributed by atoms with Crippen LogP contribution < -0.4 is 0 Å². The van der Waals surface area contributed by atoms with E-state index in [1.807, 2.05) is 0 Å². The molecule has 0 aromatic rings. The van der Waals surface area contributed by atoms with Gasteiger partial charge in [0.05, 0.1) is 0 Å². The van der Waals surface area contributed by atoms with Crippen LogP contribution in [-0.2, 0) is 0 Å². The molecule has 0 aliphatic rings. The third-order valence-electron chi connectivity index (χ3n) is 0.235. The van der Waals surface area contributed by atoms with Crippen molar-refractivity contribution < 1.29 is 4.79 Å². The van der Waals surface area contributed by atoms with E-state index in [1.165, 1.54) is 5.41 Å². The van der Waals surface area contributed by atoms with E-state index >= 15 is 0 Å². The Kier molecular flexibility index (Phi) is 3.90. The van der Waals surface area contributed by atoms with Gasteiger partial charge in [0.25, 0.3) is 4.57 Å². The molecule has 0 fully saturated rings. The van der Waals surface area contributed by atoms with Crippen molar-refractivity contribution in [2.75, 3.05) is 0 Å². The molecule has 3 heteroatoms. The second kappa shape index (κ2) is 4.00. The molecule has 0 saturated carbocycles. The van der Waals surface area contributed by atoms with Crippen LogP contribution in [0.4, 0.5) is 4.79 Å². The van der Waals surface area contributed by atoms with Crippen LogP contribution in [-0.4, -0.2) is 4.57 Å². The predicted molar refractivity (Wildman–Crippen MR) is 32.5 cm³/mol. The Morgan fingerprint density at radius 2 is 2.57 bits per heavy atom. The summed E-state index contributed by atoms with van der Waals surface area (Å²) in [5.41, 5.74) is 2.38. The van der Waals surface area contributed by atoms with Gasteiger partial charge in [0.1, 0.15) is 0 Å². The molecule has 0 atom stereocenters. The van der Waals surface area contributed by atoms with Crippen molar-refractivity contribution >= 4 is 27.9 Å². The number of carbonyl (C=O) groups excluding carboxylic acids is 1. The van der Waals surface area contributed by atoms with Crippen molar-refractivity contribution in [3.63, 3.8) is 0 Å². The number of halogens is 1. The summed E-state index contributed by atoms with van der Waals surface area (Å²) in [6.45, 7) is 3.22. The monoisotopic (exact) mass is 134 g/mol. The third kappa shape index (κ3) is 5.83. The second-order valence-corrected chi connectivity index (χ2v) is 2.09. The Morgan fingerprint density at radius 3 is 2.71 bits per heavy atom. The quantitative estimate of drug-likeness (QED) is 0.405. The normalized spacial score (nSPS) is 7.00. The molecular formula is C4H3ClOS. The summed E-state index contributed by atoms with van der Waals surface area (Å²) >= 11 is 5.74. The molecule has 0 spiro atoms. The Bertz CT molecular complexity index is 115. The molecule has 0 aromatic heterocycles. The van der Waals surface area contributed by atoms with Crippen LogP contribution in [0.3, 0.4) is 0 Å². The topological polar surface area (TPSA) is 17.1 Å². The van der Waals surface area contributed by atoms with Gasteiger partial charge >= 0.3 is 0 Å². The van der Waals surface area contributed by atoms with Gasteiger partial charge in [-0.15, -0.1) is 5.73 Å². The molecule has 0 aliphatic heterocycles. The lowest BCUT2D eigenvalue weighted by molar-refractivity contribution is 0.276. The minimum absolute atomic E-state index is 0.462. The standard InChI is InChI=1S/C4H3ClOS/c1-2-3-7-4(5)6/h3H,1H2. The van der Waals surface area contributed by atoms with E-state index in [1.54, 1.807) is 0 Å². The Labute approximate surface area is 51.0 Å². The smallest absolute Gasteiger partial charge is 0.268 e. The summed E-state index contributed by atoms with van der Waals surface area (Å²) in [5.74, 6) is 0. The Hall–Kier alpha value is -0.170. The largest absolute Gasteiger partial charge is 0.284 e. The van der Waals surface area contributed by atoms with Gasteiger partial charge < -0.3 is 0 Å². The molecule has 0 saturated heterocycles. The molecule has 38 valence electrons. The summed E-state index contributed by atoms with van der Waals surface area (Å²) in [6.07, 6.45) is 0. The van der Waals surface area contributed by atoms with Crippen LogP contribution >= 0.6 is 23.4 Å². The van der Waals surface area contributed by atoms with Gasteiger partial charge in [-0.2, -0.15) is 0 Å². The summed E-state index contributed by atoms with van der Waals surface area (Å²) in [7, 11) is 0. The highest BCUT2D eigenvalue weighted by atomic mass is 35.5. The zero-order valence-electron chi connectivity index (χ0n) is 3.48. The highest BCUT2D eigenvalue weighted by Gasteiger charge is 1.86. The van der Waals surface area contributed by atoms with Gasteiger partial charge in [0.15, 0.2) is 0 Å². The number of carbonyl (C=O) groups is 1. The fourth-order valence-corrected chi connectivity index (χ4v) is 0.398. The van der Waals surface area contributed by atoms with Crippen LogP contribution in [0.1, 0.15) is 0 Å². The van der Waals surface area contributed by atoms with Crippen molar-refractivity contribution in [3.05, 3.63) is 17.7 Å². The average Bonchev–Trinajstić information content (AvgIpc) is 1.61. The third-order valence-corrected chi connectivity index (χ3v) is 0.972. The molecule has 0 aromatic carbocycles. The lowest BCUT2D eigenvalue weighted by Gasteiger charge is -1.72. The molecule has 0 amide bonds. The lowest BCUT2D eigenvalue weighted by atomic mass is 11.0. The van der Waals surface area contributed by atoms with Crippen LogP contribution in [0.25, 0.3) is 0 Å². The SMILES string of the molecule is C=C=CSC(=O)Cl. The van der Waals surface area contributed by atoms with Crippen LogP contribution in [0, 0.1) is 0 Å². The van der Waals surface area contributed by atoms with E-state index in [9.17, 15) is 4.79 Å². The summed E-state index contributed by atoms with van der Waals surface area (Å²) in [5, 5.41) is 1.40. The Morgan fingerprint density at radius 1 is 2.00 bits per heavy atom. The maximum Gasteiger partial charge on any atom is 0.284 e. The van der Waals surface area contributed by atoms with E-state index in [-0.39, 0.29) is 0 Å². The molecule has 0 radical (unpaired) electrons. The molecule has 0 N–H and O–H groups in total. The highest BCUT2D eigenvalue weighted by molar-refractivity contribution is 8.18. The van der Waals surface area contributed by atoms with Gasteiger partial charge in [-0.1, -0.05) is 6.58 Å². The van der Waals surface area contributed by atoms with Gasteiger partial charge in [-0.3, -0.25) is 4.79 Å². The van der Waals surface area contributed by atoms with E-state index in [4.69, 9.17) is 11.6 Å². The second-order valence-electron chi connectivity index (χ2n) is 0.677. The molecule has 0 rings (SSSR count). The zero-order valence-corrected chi connectivity index (χ0v) is 5.05. The number of thioether (sulfide) groups is 1. The summed E-state index contributed by atoms with van der Waals surface area (Å²) < 4.78 is -0.462. The van der Waals surface area contributed by atoms with Gasteiger partial charge in [0, 0.05) is 5.41 Å². The summed E-state index contributed by atoms with van der Waals surface area (Å²) in [4.78, 5) is 9.83.